The molecule has 0 radical (unpaired) electrons. The first kappa shape index (κ1) is 13.7. The molecule has 0 aliphatic rings. The van der Waals surface area contributed by atoms with Gasteiger partial charge in [-0.3, -0.25) is 5.10 Å². The number of benzene rings is 2. The number of hydrogen-bond acceptors (Lipinski definition) is 3. The maximum Gasteiger partial charge on any atom is 0.181 e. The molecule has 0 fully saturated rings. The molecular weight excluding hydrogens is 291 g/mol. The number of aromatic nitrogens is 3. The van der Waals surface area contributed by atoms with Crippen LogP contribution in [-0.4, -0.2) is 15.2 Å². The van der Waals surface area contributed by atoms with Gasteiger partial charge in [-0.2, -0.15) is 5.10 Å². The van der Waals surface area contributed by atoms with Crippen molar-refractivity contribution in [3.63, 3.8) is 0 Å². The van der Waals surface area contributed by atoms with Crippen LogP contribution in [0.1, 0.15) is 17.4 Å². The zero-order valence-corrected chi connectivity index (χ0v) is 11.7. The van der Waals surface area contributed by atoms with Gasteiger partial charge >= 0.3 is 0 Å². The molecule has 0 spiro atoms. The van der Waals surface area contributed by atoms with Gasteiger partial charge in [-0.25, -0.2) is 9.37 Å². The number of nitrogens with two attached hydrogens (primary N) is 1. The lowest BCUT2D eigenvalue weighted by Gasteiger charge is -2.07. The van der Waals surface area contributed by atoms with Gasteiger partial charge in [0.15, 0.2) is 5.82 Å². The van der Waals surface area contributed by atoms with Gasteiger partial charge in [-0.05, 0) is 29.8 Å². The first-order valence-electron chi connectivity index (χ1n) is 6.33. The van der Waals surface area contributed by atoms with Crippen molar-refractivity contribution in [2.75, 3.05) is 0 Å². The van der Waals surface area contributed by atoms with E-state index in [1.807, 2.05) is 12.1 Å². The van der Waals surface area contributed by atoms with E-state index in [2.05, 4.69) is 15.2 Å². The van der Waals surface area contributed by atoms with E-state index in [0.717, 1.165) is 11.1 Å². The van der Waals surface area contributed by atoms with E-state index in [1.165, 1.54) is 12.1 Å². The SMILES string of the molecule is N[C@H](c1ccc(F)cc1)c1nc(-c2cccc(Cl)c2)n[nH]1. The highest BCUT2D eigenvalue weighted by molar-refractivity contribution is 6.30. The zero-order chi connectivity index (χ0) is 14.8. The van der Waals surface area contributed by atoms with Crippen LogP contribution in [0.15, 0.2) is 48.5 Å². The molecule has 3 N–H and O–H groups in total. The van der Waals surface area contributed by atoms with Gasteiger partial charge in [0.1, 0.15) is 11.6 Å². The third-order valence-corrected chi connectivity index (χ3v) is 3.34. The molecule has 2 aromatic carbocycles. The van der Waals surface area contributed by atoms with Gasteiger partial charge in [0, 0.05) is 10.6 Å². The molecule has 0 saturated heterocycles. The highest BCUT2D eigenvalue weighted by Gasteiger charge is 2.15. The first-order valence-corrected chi connectivity index (χ1v) is 6.70. The lowest BCUT2D eigenvalue weighted by atomic mass is 10.1. The first-order chi connectivity index (χ1) is 10.1. The highest BCUT2D eigenvalue weighted by Crippen LogP contribution is 2.22. The van der Waals surface area contributed by atoms with Crippen LogP contribution in [0.5, 0.6) is 0 Å². The smallest absolute Gasteiger partial charge is 0.181 e. The molecule has 0 amide bonds. The van der Waals surface area contributed by atoms with Crippen LogP contribution < -0.4 is 5.73 Å². The van der Waals surface area contributed by atoms with Gasteiger partial charge < -0.3 is 5.73 Å². The average molecular weight is 303 g/mol. The van der Waals surface area contributed by atoms with Crippen LogP contribution in [0.3, 0.4) is 0 Å². The maximum absolute atomic E-state index is 12.9. The molecule has 6 heteroatoms. The fraction of sp³-hybridized carbons (Fsp3) is 0.0667. The number of nitrogens with one attached hydrogen (secondary N) is 1. The standard InChI is InChI=1S/C15H12ClFN4/c16-11-3-1-2-10(8-11)14-19-15(21-20-14)13(18)9-4-6-12(17)7-5-9/h1-8,13H,18H2,(H,19,20,21)/t13-/m1/s1. The highest BCUT2D eigenvalue weighted by atomic mass is 35.5. The summed E-state index contributed by atoms with van der Waals surface area (Å²) in [6, 6.07) is 12.7. The quantitative estimate of drug-likeness (QED) is 0.780. The topological polar surface area (TPSA) is 67.6 Å². The molecule has 0 aliphatic carbocycles. The molecule has 0 aliphatic heterocycles. The van der Waals surface area contributed by atoms with E-state index in [9.17, 15) is 4.39 Å². The van der Waals surface area contributed by atoms with Crippen LogP contribution in [0.25, 0.3) is 11.4 Å². The van der Waals surface area contributed by atoms with E-state index < -0.39 is 6.04 Å². The average Bonchev–Trinajstić information content (AvgIpc) is 2.97. The minimum Gasteiger partial charge on any atom is -0.318 e. The van der Waals surface area contributed by atoms with Crippen LogP contribution in [-0.2, 0) is 0 Å². The van der Waals surface area contributed by atoms with E-state index >= 15 is 0 Å². The fourth-order valence-corrected chi connectivity index (χ4v) is 2.19. The molecule has 0 bridgehead atoms. The van der Waals surface area contributed by atoms with Crippen molar-refractivity contribution in [2.45, 2.75) is 6.04 Å². The lowest BCUT2D eigenvalue weighted by molar-refractivity contribution is 0.626. The number of nitrogens with zero attached hydrogens (tertiary/aromatic N) is 2. The molecule has 4 nitrogen and oxygen atoms in total. The Bertz CT molecular complexity index is 754. The van der Waals surface area contributed by atoms with Gasteiger partial charge in [-0.1, -0.05) is 35.9 Å². The number of H-pyrrole nitrogens is 1. The Kier molecular flexibility index (Phi) is 3.68. The molecule has 21 heavy (non-hydrogen) atoms. The van der Waals surface area contributed by atoms with Crippen molar-refractivity contribution in [2.24, 2.45) is 5.73 Å². The summed E-state index contributed by atoms with van der Waals surface area (Å²) in [6.45, 7) is 0. The molecule has 1 atom stereocenters. The van der Waals surface area contributed by atoms with E-state index in [-0.39, 0.29) is 5.82 Å². The normalized spacial score (nSPS) is 12.3. The number of hydrogen-bond donors (Lipinski definition) is 2. The summed E-state index contributed by atoms with van der Waals surface area (Å²) >= 11 is 5.95. The molecule has 3 rings (SSSR count). The molecule has 3 aromatic rings. The second-order valence-corrected chi connectivity index (χ2v) is 5.02. The molecule has 1 heterocycles. The van der Waals surface area contributed by atoms with Crippen LogP contribution in [0.4, 0.5) is 4.39 Å². The second-order valence-electron chi connectivity index (χ2n) is 4.58. The van der Waals surface area contributed by atoms with E-state index in [1.54, 1.807) is 24.3 Å². The summed E-state index contributed by atoms with van der Waals surface area (Å²) < 4.78 is 12.9. The van der Waals surface area contributed by atoms with Gasteiger partial charge in [0.05, 0.1) is 6.04 Å². The van der Waals surface area contributed by atoms with E-state index in [0.29, 0.717) is 16.7 Å². The molecule has 106 valence electrons. The lowest BCUT2D eigenvalue weighted by Crippen LogP contribution is -2.13. The van der Waals surface area contributed by atoms with Crippen molar-refractivity contribution in [1.82, 2.24) is 15.2 Å². The summed E-state index contributed by atoms with van der Waals surface area (Å²) in [5.74, 6) is 0.727. The van der Waals surface area contributed by atoms with Crippen molar-refractivity contribution in [3.05, 3.63) is 70.8 Å². The van der Waals surface area contributed by atoms with Gasteiger partial charge in [-0.15, -0.1) is 0 Å². The minimum atomic E-state index is -0.494. The van der Waals surface area contributed by atoms with Gasteiger partial charge in [0.25, 0.3) is 0 Å². The Labute approximate surface area is 125 Å². The van der Waals surface area contributed by atoms with Crippen molar-refractivity contribution in [3.8, 4) is 11.4 Å². The van der Waals surface area contributed by atoms with E-state index in [4.69, 9.17) is 17.3 Å². The second kappa shape index (κ2) is 5.63. The Morgan fingerprint density at radius 3 is 2.62 bits per heavy atom. The van der Waals surface area contributed by atoms with Crippen LogP contribution in [0, 0.1) is 5.82 Å². The van der Waals surface area contributed by atoms with Crippen LogP contribution in [0.2, 0.25) is 5.02 Å². The third-order valence-electron chi connectivity index (χ3n) is 3.11. The molecule has 1 aromatic heterocycles. The summed E-state index contributed by atoms with van der Waals surface area (Å²) in [5.41, 5.74) is 7.66. The summed E-state index contributed by atoms with van der Waals surface area (Å²) in [6.07, 6.45) is 0. The molecular formula is C15H12ClFN4. The third kappa shape index (κ3) is 2.94. The number of rotatable bonds is 3. The van der Waals surface area contributed by atoms with Crippen molar-refractivity contribution < 1.29 is 4.39 Å². The number of halogens is 2. The van der Waals surface area contributed by atoms with Gasteiger partial charge in [0.2, 0.25) is 0 Å². The zero-order valence-electron chi connectivity index (χ0n) is 10.9. The summed E-state index contributed by atoms with van der Waals surface area (Å²) in [4.78, 5) is 4.38. The Hall–Kier alpha value is -2.24. The Morgan fingerprint density at radius 2 is 1.90 bits per heavy atom. The predicted octanol–water partition coefficient (Wildman–Crippen LogP) is 3.31. The minimum absolute atomic E-state index is 0.303. The Balaban J connectivity index is 1.89. The monoisotopic (exact) mass is 302 g/mol. The molecule has 0 saturated carbocycles. The maximum atomic E-state index is 12.9. The summed E-state index contributed by atoms with van der Waals surface area (Å²) in [5, 5.41) is 7.57. The van der Waals surface area contributed by atoms with Crippen LogP contribution >= 0.6 is 11.6 Å². The fourth-order valence-electron chi connectivity index (χ4n) is 2.00. The Morgan fingerprint density at radius 1 is 1.14 bits per heavy atom. The molecule has 0 unspecified atom stereocenters. The van der Waals surface area contributed by atoms with Crippen molar-refractivity contribution in [1.29, 1.82) is 0 Å². The predicted molar refractivity (Wildman–Crippen MR) is 79.3 cm³/mol. The van der Waals surface area contributed by atoms with Crippen molar-refractivity contribution >= 4 is 11.6 Å². The summed E-state index contributed by atoms with van der Waals surface area (Å²) in [7, 11) is 0. The largest absolute Gasteiger partial charge is 0.318 e. The number of aromatic amines is 1.